The molecule has 0 spiro atoms. The quantitative estimate of drug-likeness (QED) is 0.695. The second-order valence-electron chi connectivity index (χ2n) is 8.04. The van der Waals surface area contributed by atoms with Crippen LogP contribution in [0.1, 0.15) is 28.9 Å². The van der Waals surface area contributed by atoms with Crippen LogP contribution in [-0.4, -0.2) is 49.4 Å². The Bertz CT molecular complexity index is 1120. The Hall–Kier alpha value is -3.49. The molecule has 158 valence electrons. The fourth-order valence-corrected chi connectivity index (χ4v) is 4.60. The van der Waals surface area contributed by atoms with Gasteiger partial charge in [0.05, 0.1) is 47.7 Å². The predicted molar refractivity (Wildman–Crippen MR) is 109 cm³/mol. The molecular weight excluding hydrogens is 402 g/mol. The number of aromatic nitrogens is 4. The van der Waals surface area contributed by atoms with Crippen LogP contribution in [0.25, 0.3) is 11.4 Å². The number of anilines is 1. The molecule has 0 radical (unpaired) electrons. The molecule has 7 nitrogen and oxygen atoms in total. The van der Waals surface area contributed by atoms with Crippen molar-refractivity contribution >= 4 is 11.7 Å². The van der Waals surface area contributed by atoms with Crippen molar-refractivity contribution < 1.29 is 13.6 Å². The third-order valence-electron chi connectivity index (χ3n) is 5.94. The van der Waals surface area contributed by atoms with Crippen molar-refractivity contribution in [3.63, 3.8) is 0 Å². The first kappa shape index (κ1) is 19.5. The van der Waals surface area contributed by atoms with E-state index in [1.807, 2.05) is 6.92 Å². The number of fused-ring (bicyclic) bond motifs is 2. The van der Waals surface area contributed by atoms with Gasteiger partial charge in [0.25, 0.3) is 5.91 Å². The number of carbonyl (C=O) groups is 1. The van der Waals surface area contributed by atoms with E-state index in [1.54, 1.807) is 23.4 Å². The first-order valence-electron chi connectivity index (χ1n) is 10.1. The van der Waals surface area contributed by atoms with Crippen LogP contribution in [-0.2, 0) is 0 Å². The summed E-state index contributed by atoms with van der Waals surface area (Å²) in [6.45, 7) is 2.48. The number of halogens is 2. The Kier molecular flexibility index (Phi) is 4.80. The molecule has 1 saturated carbocycles. The minimum atomic E-state index is -0.627. The molecule has 1 aliphatic carbocycles. The maximum absolute atomic E-state index is 14.7. The van der Waals surface area contributed by atoms with Crippen LogP contribution in [0, 0.1) is 24.5 Å². The summed E-state index contributed by atoms with van der Waals surface area (Å²) in [5.74, 6) is -0.511. The van der Waals surface area contributed by atoms with Crippen molar-refractivity contribution in [2.24, 2.45) is 5.92 Å². The molecule has 5 rings (SSSR count). The Morgan fingerprint density at radius 1 is 1.06 bits per heavy atom. The summed E-state index contributed by atoms with van der Waals surface area (Å²) in [6, 6.07) is 4.30. The second kappa shape index (κ2) is 7.64. The highest BCUT2D eigenvalue weighted by Crippen LogP contribution is 2.40. The lowest BCUT2D eigenvalue weighted by Crippen LogP contribution is -2.48. The van der Waals surface area contributed by atoms with Crippen LogP contribution in [0.5, 0.6) is 0 Å². The molecule has 1 amide bonds. The standard InChI is InChI=1S/C22H20F2N6O/c1-12-7-26-19(10-25-12)29-17-5-13-6-18(17)30(11-13)22(31)15-3-2-4-16(24)20(15)21-27-8-14(23)9-28-21/h2-4,7-10,13,17-18H,5-6,11H2,1H3,(H,26,29). The van der Waals surface area contributed by atoms with Crippen molar-refractivity contribution in [1.82, 2.24) is 24.8 Å². The molecule has 1 aliphatic heterocycles. The third-order valence-corrected chi connectivity index (χ3v) is 5.94. The van der Waals surface area contributed by atoms with Crippen LogP contribution in [0.3, 0.4) is 0 Å². The zero-order valence-electron chi connectivity index (χ0n) is 16.8. The highest BCUT2D eigenvalue weighted by Gasteiger charge is 2.47. The van der Waals surface area contributed by atoms with Crippen molar-refractivity contribution in [3.05, 3.63) is 65.9 Å². The topological polar surface area (TPSA) is 83.9 Å². The summed E-state index contributed by atoms with van der Waals surface area (Å²) in [5.41, 5.74) is 0.995. The zero-order chi connectivity index (χ0) is 21.5. The smallest absolute Gasteiger partial charge is 0.255 e. The molecule has 31 heavy (non-hydrogen) atoms. The van der Waals surface area contributed by atoms with E-state index < -0.39 is 11.6 Å². The minimum absolute atomic E-state index is 0.0100. The number of hydrogen-bond acceptors (Lipinski definition) is 6. The molecule has 2 fully saturated rings. The highest BCUT2D eigenvalue weighted by atomic mass is 19.1. The largest absolute Gasteiger partial charge is 0.364 e. The average Bonchev–Trinajstić information content (AvgIpc) is 3.36. The van der Waals surface area contributed by atoms with E-state index in [4.69, 9.17) is 0 Å². The van der Waals surface area contributed by atoms with Crippen LogP contribution in [0.2, 0.25) is 0 Å². The molecule has 3 unspecified atom stereocenters. The van der Waals surface area contributed by atoms with Gasteiger partial charge in [0, 0.05) is 12.6 Å². The van der Waals surface area contributed by atoms with Crippen LogP contribution in [0.15, 0.2) is 43.0 Å². The predicted octanol–water partition coefficient (Wildman–Crippen LogP) is 3.24. The van der Waals surface area contributed by atoms with Gasteiger partial charge in [-0.05, 0) is 37.8 Å². The van der Waals surface area contributed by atoms with Gasteiger partial charge in [0.15, 0.2) is 11.6 Å². The first-order chi connectivity index (χ1) is 15.0. The Balaban J connectivity index is 1.42. The van der Waals surface area contributed by atoms with E-state index >= 15 is 0 Å². The lowest BCUT2D eigenvalue weighted by Gasteiger charge is -2.34. The van der Waals surface area contributed by atoms with Crippen molar-refractivity contribution in [3.8, 4) is 11.4 Å². The van der Waals surface area contributed by atoms with Crippen molar-refractivity contribution in [2.45, 2.75) is 31.8 Å². The van der Waals surface area contributed by atoms with Gasteiger partial charge < -0.3 is 10.2 Å². The molecule has 1 aromatic carbocycles. The molecule has 1 saturated heterocycles. The number of benzene rings is 1. The molecule has 1 N–H and O–H groups in total. The zero-order valence-corrected chi connectivity index (χ0v) is 16.8. The summed E-state index contributed by atoms with van der Waals surface area (Å²) in [4.78, 5) is 31.6. The van der Waals surface area contributed by atoms with E-state index in [-0.39, 0.29) is 34.9 Å². The lowest BCUT2D eigenvalue weighted by atomic mass is 10.0. The number of rotatable bonds is 4. The van der Waals surface area contributed by atoms with Crippen molar-refractivity contribution in [1.29, 1.82) is 0 Å². The molecule has 3 heterocycles. The molecule has 3 atom stereocenters. The van der Waals surface area contributed by atoms with Gasteiger partial charge in [-0.3, -0.25) is 9.78 Å². The molecule has 3 aromatic rings. The average molecular weight is 422 g/mol. The van der Waals surface area contributed by atoms with Crippen molar-refractivity contribution in [2.75, 3.05) is 11.9 Å². The van der Waals surface area contributed by atoms with Gasteiger partial charge in [0.1, 0.15) is 11.6 Å². The van der Waals surface area contributed by atoms with Gasteiger partial charge >= 0.3 is 0 Å². The summed E-state index contributed by atoms with van der Waals surface area (Å²) in [7, 11) is 0. The van der Waals surface area contributed by atoms with E-state index in [1.165, 1.54) is 12.1 Å². The summed E-state index contributed by atoms with van der Waals surface area (Å²) >= 11 is 0. The number of piperidine rings is 1. The fourth-order valence-electron chi connectivity index (χ4n) is 4.60. The van der Waals surface area contributed by atoms with Crippen LogP contribution < -0.4 is 5.32 Å². The van der Waals surface area contributed by atoms with Gasteiger partial charge in [-0.1, -0.05) is 6.07 Å². The summed E-state index contributed by atoms with van der Waals surface area (Å²) in [6.07, 6.45) is 7.11. The number of likely N-dealkylation sites (tertiary alicyclic amines) is 1. The number of carbonyl (C=O) groups excluding carboxylic acids is 1. The number of hydrogen-bond donors (Lipinski definition) is 1. The normalized spacial score (nSPS) is 22.0. The van der Waals surface area contributed by atoms with E-state index in [9.17, 15) is 13.6 Å². The minimum Gasteiger partial charge on any atom is -0.364 e. The molecule has 9 heteroatoms. The number of amides is 1. The Morgan fingerprint density at radius 2 is 1.87 bits per heavy atom. The van der Waals surface area contributed by atoms with Gasteiger partial charge in [0.2, 0.25) is 0 Å². The van der Waals surface area contributed by atoms with E-state index in [2.05, 4.69) is 25.3 Å². The van der Waals surface area contributed by atoms with Crippen LogP contribution in [0.4, 0.5) is 14.6 Å². The maximum Gasteiger partial charge on any atom is 0.255 e. The maximum atomic E-state index is 14.7. The SMILES string of the molecule is Cc1cnc(NC2CC3CC2N(C(=O)c2cccc(F)c2-c2ncc(F)cn2)C3)cn1. The lowest BCUT2D eigenvalue weighted by molar-refractivity contribution is 0.0692. The Morgan fingerprint density at radius 3 is 2.58 bits per heavy atom. The number of nitrogens with zero attached hydrogens (tertiary/aromatic N) is 5. The highest BCUT2D eigenvalue weighted by molar-refractivity contribution is 6.00. The Labute approximate surface area is 177 Å². The van der Waals surface area contributed by atoms with Gasteiger partial charge in [-0.25, -0.2) is 23.7 Å². The fraction of sp³-hybridized carbons (Fsp3) is 0.318. The molecule has 2 bridgehead atoms. The number of nitrogens with one attached hydrogen (secondary N) is 1. The monoisotopic (exact) mass is 422 g/mol. The van der Waals surface area contributed by atoms with Gasteiger partial charge in [-0.15, -0.1) is 0 Å². The first-order valence-corrected chi connectivity index (χ1v) is 10.1. The third kappa shape index (κ3) is 3.60. The van der Waals surface area contributed by atoms with Crippen LogP contribution >= 0.6 is 0 Å². The van der Waals surface area contributed by atoms with E-state index in [0.29, 0.717) is 18.3 Å². The molecule has 2 aliphatic rings. The molecular formula is C22H20F2N6O. The molecule has 2 aromatic heterocycles. The summed E-state index contributed by atoms with van der Waals surface area (Å²) < 4.78 is 27.9. The summed E-state index contributed by atoms with van der Waals surface area (Å²) in [5, 5.41) is 3.39. The second-order valence-corrected chi connectivity index (χ2v) is 8.04. The van der Waals surface area contributed by atoms with E-state index in [0.717, 1.165) is 30.9 Å². The van der Waals surface area contributed by atoms with Gasteiger partial charge in [-0.2, -0.15) is 0 Å². The number of aryl methyl sites for hydroxylation is 1.